The van der Waals surface area contributed by atoms with E-state index in [2.05, 4.69) is 39.4 Å². The van der Waals surface area contributed by atoms with E-state index in [1.807, 2.05) is 59.6 Å². The molecule has 8 nitrogen and oxygen atoms in total. The summed E-state index contributed by atoms with van der Waals surface area (Å²) in [5.74, 6) is 1.19. The van der Waals surface area contributed by atoms with Gasteiger partial charge in [0.25, 0.3) is 0 Å². The van der Waals surface area contributed by atoms with Gasteiger partial charge in [0.15, 0.2) is 17.0 Å². The molecule has 0 saturated carbocycles. The Labute approximate surface area is 179 Å². The van der Waals surface area contributed by atoms with Gasteiger partial charge < -0.3 is 15.2 Å². The van der Waals surface area contributed by atoms with E-state index in [1.165, 1.54) is 0 Å². The molecule has 0 saturated heterocycles. The molecule has 0 spiro atoms. The van der Waals surface area contributed by atoms with Gasteiger partial charge in [-0.05, 0) is 49.7 Å². The number of nitrogens with zero attached hydrogens (tertiary/aromatic N) is 6. The Kier molecular flexibility index (Phi) is 4.87. The van der Waals surface area contributed by atoms with Crippen LogP contribution < -0.4 is 10.6 Å². The van der Waals surface area contributed by atoms with Gasteiger partial charge in [0.05, 0.1) is 11.8 Å². The number of aromatic nitrogens is 6. The minimum absolute atomic E-state index is 0.227. The summed E-state index contributed by atoms with van der Waals surface area (Å²) in [5.41, 5.74) is 4.43. The third-order valence-electron chi connectivity index (χ3n) is 5.02. The predicted molar refractivity (Wildman–Crippen MR) is 122 cm³/mol. The van der Waals surface area contributed by atoms with Gasteiger partial charge >= 0.3 is 0 Å². The molecule has 1 aromatic carbocycles. The van der Waals surface area contributed by atoms with Gasteiger partial charge in [0.2, 0.25) is 5.95 Å². The van der Waals surface area contributed by atoms with Crippen LogP contribution >= 0.6 is 0 Å². The first-order chi connectivity index (χ1) is 15.2. The lowest BCUT2D eigenvalue weighted by atomic mass is 10.2. The first-order valence-electron chi connectivity index (χ1n) is 10.2. The van der Waals surface area contributed by atoms with Crippen LogP contribution in [0, 0.1) is 0 Å². The van der Waals surface area contributed by atoms with Crippen LogP contribution in [0.4, 0.5) is 17.5 Å². The standard InChI is InChI=1S/C23H22N8/c1-15(2)31-14-27-20-21(26-13-16-5-3-9-24-12-16)29-23(30-22(20)31)28-18-7-8-19-17(11-18)6-4-10-25-19/h3-12,14-15H,13H2,1-2H3,(H2,26,28,29,30). The molecule has 0 atom stereocenters. The van der Waals surface area contributed by atoms with Crippen molar-refractivity contribution in [2.24, 2.45) is 0 Å². The molecule has 4 heterocycles. The van der Waals surface area contributed by atoms with Gasteiger partial charge in [-0.1, -0.05) is 12.1 Å². The van der Waals surface area contributed by atoms with Crippen molar-refractivity contribution in [1.82, 2.24) is 29.5 Å². The number of anilines is 3. The fourth-order valence-electron chi connectivity index (χ4n) is 3.44. The second kappa shape index (κ2) is 7.98. The van der Waals surface area contributed by atoms with E-state index in [0.29, 0.717) is 18.3 Å². The van der Waals surface area contributed by atoms with Crippen molar-refractivity contribution in [2.75, 3.05) is 10.6 Å². The number of rotatable bonds is 6. The quantitative estimate of drug-likeness (QED) is 0.419. The normalized spacial score (nSPS) is 11.3. The molecule has 0 amide bonds. The number of hydrogen-bond donors (Lipinski definition) is 2. The number of pyridine rings is 2. The summed E-state index contributed by atoms with van der Waals surface area (Å²) in [6.07, 6.45) is 7.20. The van der Waals surface area contributed by atoms with Crippen molar-refractivity contribution in [1.29, 1.82) is 0 Å². The predicted octanol–water partition coefficient (Wildman–Crippen LogP) is 4.71. The highest BCUT2D eigenvalue weighted by molar-refractivity contribution is 5.86. The average Bonchev–Trinajstić information content (AvgIpc) is 3.22. The van der Waals surface area contributed by atoms with Crippen LogP contribution in [0.3, 0.4) is 0 Å². The van der Waals surface area contributed by atoms with Crippen molar-refractivity contribution in [3.8, 4) is 0 Å². The molecule has 0 unspecified atom stereocenters. The monoisotopic (exact) mass is 410 g/mol. The van der Waals surface area contributed by atoms with Gasteiger partial charge in [0, 0.05) is 42.3 Å². The molecule has 4 aromatic heterocycles. The van der Waals surface area contributed by atoms with Crippen LogP contribution in [0.5, 0.6) is 0 Å². The molecule has 0 aliphatic carbocycles. The lowest BCUT2D eigenvalue weighted by molar-refractivity contribution is 0.613. The van der Waals surface area contributed by atoms with Crippen molar-refractivity contribution in [2.45, 2.75) is 26.4 Å². The van der Waals surface area contributed by atoms with Crippen LogP contribution in [0.15, 0.2) is 67.4 Å². The molecule has 8 heteroatoms. The maximum absolute atomic E-state index is 4.76. The van der Waals surface area contributed by atoms with E-state index in [-0.39, 0.29) is 6.04 Å². The number of benzene rings is 1. The Bertz CT molecular complexity index is 1340. The maximum Gasteiger partial charge on any atom is 0.231 e. The first-order valence-corrected chi connectivity index (χ1v) is 10.2. The highest BCUT2D eigenvalue weighted by atomic mass is 15.2. The van der Waals surface area contributed by atoms with Crippen molar-refractivity contribution in [3.63, 3.8) is 0 Å². The van der Waals surface area contributed by atoms with Gasteiger partial charge in [-0.3, -0.25) is 9.97 Å². The zero-order valence-electron chi connectivity index (χ0n) is 17.3. The lowest BCUT2D eigenvalue weighted by Gasteiger charge is -2.12. The zero-order chi connectivity index (χ0) is 21.2. The summed E-state index contributed by atoms with van der Waals surface area (Å²) < 4.78 is 2.04. The Morgan fingerprint density at radius 2 is 1.90 bits per heavy atom. The molecule has 0 aliphatic rings. The molecule has 31 heavy (non-hydrogen) atoms. The Morgan fingerprint density at radius 3 is 2.74 bits per heavy atom. The molecule has 5 rings (SSSR count). The van der Waals surface area contributed by atoms with E-state index in [1.54, 1.807) is 12.4 Å². The Balaban J connectivity index is 1.52. The summed E-state index contributed by atoms with van der Waals surface area (Å²) in [7, 11) is 0. The van der Waals surface area contributed by atoms with Crippen LogP contribution in [0.25, 0.3) is 22.1 Å². The van der Waals surface area contributed by atoms with Crippen molar-refractivity contribution in [3.05, 3.63) is 72.9 Å². The van der Waals surface area contributed by atoms with E-state index >= 15 is 0 Å². The topological polar surface area (TPSA) is 93.4 Å². The molecule has 0 bridgehead atoms. The van der Waals surface area contributed by atoms with Gasteiger partial charge in [0.1, 0.15) is 0 Å². The van der Waals surface area contributed by atoms with Gasteiger partial charge in [-0.15, -0.1) is 0 Å². The zero-order valence-corrected chi connectivity index (χ0v) is 17.3. The molecule has 0 fully saturated rings. The van der Waals surface area contributed by atoms with Gasteiger partial charge in [-0.25, -0.2) is 4.98 Å². The molecule has 0 aliphatic heterocycles. The number of imidazole rings is 1. The molecule has 2 N–H and O–H groups in total. The molecule has 154 valence electrons. The Hall–Kier alpha value is -4.07. The minimum atomic E-state index is 0.227. The molecular formula is C23H22N8. The van der Waals surface area contributed by atoms with Crippen LogP contribution in [0.2, 0.25) is 0 Å². The van der Waals surface area contributed by atoms with Crippen LogP contribution in [-0.2, 0) is 6.54 Å². The summed E-state index contributed by atoms with van der Waals surface area (Å²) in [4.78, 5) is 22.6. The van der Waals surface area contributed by atoms with Crippen LogP contribution in [-0.4, -0.2) is 29.5 Å². The molecule has 5 aromatic rings. The van der Waals surface area contributed by atoms with Crippen molar-refractivity contribution >= 4 is 39.5 Å². The number of nitrogens with one attached hydrogen (secondary N) is 2. The number of hydrogen-bond acceptors (Lipinski definition) is 7. The fourth-order valence-corrected chi connectivity index (χ4v) is 3.44. The summed E-state index contributed by atoms with van der Waals surface area (Å²) in [6, 6.07) is 14.1. The number of fused-ring (bicyclic) bond motifs is 2. The minimum Gasteiger partial charge on any atom is -0.364 e. The summed E-state index contributed by atoms with van der Waals surface area (Å²) >= 11 is 0. The molecule has 0 radical (unpaired) electrons. The lowest BCUT2D eigenvalue weighted by Crippen LogP contribution is -2.07. The summed E-state index contributed by atoms with van der Waals surface area (Å²) in [6.45, 7) is 4.81. The van der Waals surface area contributed by atoms with Crippen molar-refractivity contribution < 1.29 is 0 Å². The average molecular weight is 410 g/mol. The van der Waals surface area contributed by atoms with Crippen LogP contribution in [0.1, 0.15) is 25.5 Å². The highest BCUT2D eigenvalue weighted by Gasteiger charge is 2.15. The van der Waals surface area contributed by atoms with Gasteiger partial charge in [-0.2, -0.15) is 9.97 Å². The second-order valence-electron chi connectivity index (χ2n) is 7.56. The van der Waals surface area contributed by atoms with E-state index in [0.717, 1.165) is 33.3 Å². The van der Waals surface area contributed by atoms with E-state index < -0.39 is 0 Å². The second-order valence-corrected chi connectivity index (χ2v) is 7.56. The first kappa shape index (κ1) is 18.9. The largest absolute Gasteiger partial charge is 0.364 e. The third kappa shape index (κ3) is 3.87. The molecular weight excluding hydrogens is 388 g/mol. The fraction of sp³-hybridized carbons (Fsp3) is 0.174. The summed E-state index contributed by atoms with van der Waals surface area (Å²) in [5, 5.41) is 7.79. The SMILES string of the molecule is CC(C)n1cnc2c(NCc3cccnc3)nc(Nc3ccc4ncccc4c3)nc21. The Morgan fingerprint density at radius 1 is 1.00 bits per heavy atom. The smallest absolute Gasteiger partial charge is 0.231 e. The van der Waals surface area contributed by atoms with E-state index in [9.17, 15) is 0 Å². The van der Waals surface area contributed by atoms with E-state index in [4.69, 9.17) is 9.97 Å². The maximum atomic E-state index is 4.76. The third-order valence-corrected chi connectivity index (χ3v) is 5.02. The highest BCUT2D eigenvalue weighted by Crippen LogP contribution is 2.26.